The lowest BCUT2D eigenvalue weighted by Gasteiger charge is -2.27. The summed E-state index contributed by atoms with van der Waals surface area (Å²) in [5, 5.41) is 0. The Morgan fingerprint density at radius 3 is 1.59 bits per heavy atom. The number of benzene rings is 1. The van der Waals surface area contributed by atoms with Crippen molar-refractivity contribution in [3.05, 3.63) is 35.4 Å². The van der Waals surface area contributed by atoms with Crippen LogP contribution in [0.3, 0.4) is 0 Å². The summed E-state index contributed by atoms with van der Waals surface area (Å²) in [6.45, 7) is 4.65. The van der Waals surface area contributed by atoms with Crippen molar-refractivity contribution >= 4 is 26.7 Å². The van der Waals surface area contributed by atoms with E-state index in [9.17, 15) is 27.6 Å². The summed E-state index contributed by atoms with van der Waals surface area (Å²) in [6, 6.07) is 4.63. The van der Waals surface area contributed by atoms with Crippen molar-refractivity contribution in [1.82, 2.24) is 0 Å². The number of aryl methyl sites for hydroxylation is 1. The van der Waals surface area contributed by atoms with Crippen LogP contribution >= 0.6 is 0 Å². The van der Waals surface area contributed by atoms with Gasteiger partial charge in [-0.1, -0.05) is 32.9 Å². The fraction of sp³-hybridized carbons (Fsp3) is 0.526. The maximum atomic E-state index is 12.7. The Morgan fingerprint density at radius 1 is 0.828 bits per heavy atom. The number of halogens is 3. The van der Waals surface area contributed by atoms with Gasteiger partial charge in [-0.3, -0.25) is 14.4 Å². The van der Waals surface area contributed by atoms with E-state index in [1.807, 2.05) is 0 Å². The summed E-state index contributed by atoms with van der Waals surface area (Å²) in [5.41, 5.74) is -0.137. The van der Waals surface area contributed by atoms with E-state index in [4.69, 9.17) is 13.3 Å². The average Bonchev–Trinajstić information content (AvgIpc) is 2.67. The molecule has 1 rings (SSSR count). The molecule has 0 spiro atoms. The van der Waals surface area contributed by atoms with Crippen LogP contribution < -0.4 is 0 Å². The summed E-state index contributed by atoms with van der Waals surface area (Å²) in [6.07, 6.45) is -3.81. The maximum absolute atomic E-state index is 12.7. The van der Waals surface area contributed by atoms with Gasteiger partial charge in [-0.05, 0) is 30.5 Å². The molecule has 1 aromatic rings. The zero-order valence-corrected chi connectivity index (χ0v) is 17.6. The lowest BCUT2D eigenvalue weighted by atomic mass is 10.1. The summed E-state index contributed by atoms with van der Waals surface area (Å²) >= 11 is 0. The van der Waals surface area contributed by atoms with E-state index in [1.165, 1.54) is 12.1 Å². The molecule has 0 aliphatic rings. The molecule has 0 aliphatic carbocycles. The largest absolute Gasteiger partial charge is 0.705 e. The smallest absolute Gasteiger partial charge is 0.455 e. The Kier molecular flexibility index (Phi) is 9.35. The van der Waals surface area contributed by atoms with E-state index in [2.05, 4.69) is 0 Å². The summed E-state index contributed by atoms with van der Waals surface area (Å²) < 4.78 is 53.9. The number of carbonyl (C=O) groups is 3. The molecular weight excluding hydrogens is 409 g/mol. The van der Waals surface area contributed by atoms with Crippen LogP contribution in [0.2, 0.25) is 6.04 Å². The second kappa shape index (κ2) is 11.0. The van der Waals surface area contributed by atoms with Crippen LogP contribution in [0.5, 0.6) is 0 Å². The number of rotatable bonds is 10. The predicted octanol–water partition coefficient (Wildman–Crippen LogP) is 4.44. The quantitative estimate of drug-likeness (QED) is 0.507. The zero-order chi connectivity index (χ0) is 22.1. The van der Waals surface area contributed by atoms with Gasteiger partial charge >= 0.3 is 15.0 Å². The minimum Gasteiger partial charge on any atom is -0.455 e. The Balaban J connectivity index is 2.94. The molecule has 0 N–H and O–H groups in total. The topological polar surface area (TPSA) is 78.9 Å². The highest BCUT2D eigenvalue weighted by Gasteiger charge is 2.52. The SMILES string of the molecule is CCC(=O)O[Si](CCCc1ccc(C(F)(F)F)cc1)(OC(=O)CC)OC(=O)CC. The van der Waals surface area contributed by atoms with Gasteiger partial charge in [0.05, 0.1) is 11.6 Å². The third-order valence-corrected chi connectivity index (χ3v) is 6.49. The average molecular weight is 434 g/mol. The highest BCUT2D eigenvalue weighted by atomic mass is 28.4. The molecule has 0 atom stereocenters. The van der Waals surface area contributed by atoms with E-state index >= 15 is 0 Å². The standard InChI is InChI=1S/C19H25F3O6Si/c1-4-16(23)26-29(27-17(24)5-2,28-18(25)6-3)13-7-8-14-9-11-15(12-10-14)19(20,21)22/h9-12H,4-8,13H2,1-3H3. The number of hydrogen-bond donors (Lipinski definition) is 0. The van der Waals surface area contributed by atoms with Gasteiger partial charge in [0.15, 0.2) is 0 Å². The molecule has 0 amide bonds. The first-order valence-electron chi connectivity index (χ1n) is 9.36. The third kappa shape index (κ3) is 8.26. The van der Waals surface area contributed by atoms with Crippen LogP contribution in [-0.2, 0) is 40.3 Å². The van der Waals surface area contributed by atoms with E-state index in [1.54, 1.807) is 20.8 Å². The Bertz CT molecular complexity index is 657. The number of alkyl halides is 3. The van der Waals surface area contributed by atoms with Gasteiger partial charge in [0.1, 0.15) is 0 Å². The fourth-order valence-electron chi connectivity index (χ4n) is 2.32. The van der Waals surface area contributed by atoms with Crippen LogP contribution in [0.15, 0.2) is 24.3 Å². The fourth-order valence-corrected chi connectivity index (χ4v) is 4.84. The molecule has 0 bridgehead atoms. The molecular formula is C19H25F3O6Si. The van der Waals surface area contributed by atoms with Gasteiger partial charge in [0, 0.05) is 19.3 Å². The normalized spacial score (nSPS) is 11.7. The van der Waals surface area contributed by atoms with Crippen molar-refractivity contribution in [2.45, 2.75) is 65.1 Å². The van der Waals surface area contributed by atoms with Crippen molar-refractivity contribution in [2.24, 2.45) is 0 Å². The van der Waals surface area contributed by atoms with E-state index < -0.39 is 38.5 Å². The number of carbonyl (C=O) groups excluding carboxylic acids is 3. The van der Waals surface area contributed by atoms with Gasteiger partial charge in [-0.15, -0.1) is 0 Å². The van der Waals surface area contributed by atoms with Crippen LogP contribution in [0, 0.1) is 0 Å². The van der Waals surface area contributed by atoms with Crippen molar-refractivity contribution in [1.29, 1.82) is 0 Å². The summed E-state index contributed by atoms with van der Waals surface area (Å²) in [4.78, 5) is 35.6. The van der Waals surface area contributed by atoms with Crippen molar-refractivity contribution in [2.75, 3.05) is 0 Å². The molecule has 0 aliphatic heterocycles. The van der Waals surface area contributed by atoms with Crippen LogP contribution in [0.4, 0.5) is 13.2 Å². The Labute approximate surface area is 168 Å². The highest BCUT2D eigenvalue weighted by Crippen LogP contribution is 2.29. The minimum atomic E-state index is -4.42. The zero-order valence-electron chi connectivity index (χ0n) is 16.6. The van der Waals surface area contributed by atoms with Gasteiger partial charge in [-0.25, -0.2) is 0 Å². The van der Waals surface area contributed by atoms with Gasteiger partial charge in [0.25, 0.3) is 17.9 Å². The van der Waals surface area contributed by atoms with Crippen LogP contribution in [0.1, 0.15) is 57.6 Å². The molecule has 0 aromatic heterocycles. The third-order valence-electron chi connectivity index (χ3n) is 3.90. The predicted molar refractivity (Wildman–Crippen MR) is 99.5 cm³/mol. The molecule has 0 radical (unpaired) electrons. The summed E-state index contributed by atoms with van der Waals surface area (Å²) in [5.74, 6) is -2.00. The first-order valence-corrected chi connectivity index (χ1v) is 11.3. The molecule has 0 unspecified atom stereocenters. The highest BCUT2D eigenvalue weighted by molar-refractivity contribution is 6.65. The minimum absolute atomic E-state index is 0.000997. The van der Waals surface area contributed by atoms with Gasteiger partial charge < -0.3 is 13.3 Å². The molecule has 10 heteroatoms. The molecule has 162 valence electrons. The maximum Gasteiger partial charge on any atom is 0.705 e. The van der Waals surface area contributed by atoms with Crippen molar-refractivity contribution in [3.8, 4) is 0 Å². The molecule has 0 heterocycles. The number of hydrogen-bond acceptors (Lipinski definition) is 6. The summed E-state index contributed by atoms with van der Waals surface area (Å²) in [7, 11) is -3.97. The first-order chi connectivity index (χ1) is 13.5. The van der Waals surface area contributed by atoms with E-state index in [0.717, 1.165) is 12.1 Å². The molecule has 1 aromatic carbocycles. The van der Waals surface area contributed by atoms with E-state index in [-0.39, 0.29) is 31.7 Å². The lowest BCUT2D eigenvalue weighted by Crippen LogP contribution is -2.50. The van der Waals surface area contributed by atoms with Crippen molar-refractivity contribution < 1.29 is 40.8 Å². The Hall–Kier alpha value is -2.36. The monoisotopic (exact) mass is 434 g/mol. The molecule has 0 fully saturated rings. The van der Waals surface area contributed by atoms with Gasteiger partial charge in [0.2, 0.25) is 0 Å². The van der Waals surface area contributed by atoms with Gasteiger partial charge in [-0.2, -0.15) is 13.2 Å². The van der Waals surface area contributed by atoms with Crippen LogP contribution in [-0.4, -0.2) is 26.7 Å². The second-order valence-corrected chi connectivity index (χ2v) is 8.69. The molecule has 6 nitrogen and oxygen atoms in total. The lowest BCUT2D eigenvalue weighted by molar-refractivity contribution is -0.150. The van der Waals surface area contributed by atoms with Crippen LogP contribution in [0.25, 0.3) is 0 Å². The second-order valence-electron chi connectivity index (χ2n) is 6.21. The first kappa shape index (κ1) is 24.7. The van der Waals surface area contributed by atoms with E-state index in [0.29, 0.717) is 12.0 Å². The molecule has 0 saturated carbocycles. The Morgan fingerprint density at radius 2 is 1.24 bits per heavy atom. The van der Waals surface area contributed by atoms with Crippen molar-refractivity contribution in [3.63, 3.8) is 0 Å². The molecule has 0 saturated heterocycles. The molecule has 29 heavy (non-hydrogen) atoms.